The molecule has 1 aliphatic rings. The summed E-state index contributed by atoms with van der Waals surface area (Å²) < 4.78 is 18.5. The molecule has 0 saturated carbocycles. The highest BCUT2D eigenvalue weighted by atomic mass is 35.5. The maximum Gasteiger partial charge on any atom is 0.123 e. The van der Waals surface area contributed by atoms with E-state index in [1.165, 1.54) is 17.7 Å². The molecule has 2 aromatic rings. The number of hydrogen-bond donors (Lipinski definition) is 1. The second kappa shape index (κ2) is 8.58. The minimum atomic E-state index is -0.203. The lowest BCUT2D eigenvalue weighted by Gasteiger charge is -2.35. The summed E-state index contributed by atoms with van der Waals surface area (Å²) in [6.45, 7) is 4.91. The lowest BCUT2D eigenvalue weighted by Crippen LogP contribution is -2.42. The van der Waals surface area contributed by atoms with Gasteiger partial charge in [0.25, 0.3) is 0 Å². The van der Waals surface area contributed by atoms with Crippen molar-refractivity contribution in [1.29, 1.82) is 0 Å². The van der Waals surface area contributed by atoms with Gasteiger partial charge in [-0.1, -0.05) is 35.9 Å². The number of hydrogen-bond acceptors (Lipinski definition) is 3. The average molecular weight is 349 g/mol. The first-order chi connectivity index (χ1) is 11.7. The third-order valence-electron chi connectivity index (χ3n) is 4.32. The van der Waals surface area contributed by atoms with Crippen LogP contribution in [0.25, 0.3) is 0 Å². The largest absolute Gasteiger partial charge is 0.379 e. The molecule has 0 aromatic heterocycles. The molecule has 128 valence electrons. The highest BCUT2D eigenvalue weighted by Crippen LogP contribution is 2.23. The zero-order valence-electron chi connectivity index (χ0n) is 13.6. The van der Waals surface area contributed by atoms with E-state index in [0.29, 0.717) is 6.54 Å². The number of ether oxygens (including phenoxy) is 1. The van der Waals surface area contributed by atoms with E-state index in [1.807, 2.05) is 24.3 Å². The van der Waals surface area contributed by atoms with Crippen molar-refractivity contribution in [1.82, 2.24) is 10.2 Å². The third kappa shape index (κ3) is 4.77. The summed E-state index contributed by atoms with van der Waals surface area (Å²) in [5.74, 6) is -0.203. The van der Waals surface area contributed by atoms with Gasteiger partial charge in [0.2, 0.25) is 0 Å². The molecule has 1 saturated heterocycles. The number of halogens is 2. The Bertz CT molecular complexity index is 627. The van der Waals surface area contributed by atoms with Crippen LogP contribution in [0.2, 0.25) is 5.02 Å². The zero-order valence-corrected chi connectivity index (χ0v) is 14.3. The smallest absolute Gasteiger partial charge is 0.123 e. The zero-order chi connectivity index (χ0) is 16.8. The maximum atomic E-state index is 13.0. The number of morpholine rings is 1. The average Bonchev–Trinajstić information content (AvgIpc) is 2.62. The predicted octanol–water partition coefficient (Wildman–Crippen LogP) is 3.64. The Hall–Kier alpha value is -1.46. The van der Waals surface area contributed by atoms with Crippen molar-refractivity contribution in [3.63, 3.8) is 0 Å². The predicted molar refractivity (Wildman–Crippen MR) is 94.7 cm³/mol. The first kappa shape index (κ1) is 17.4. The second-order valence-electron chi connectivity index (χ2n) is 5.97. The van der Waals surface area contributed by atoms with Crippen LogP contribution >= 0.6 is 11.6 Å². The third-order valence-corrected chi connectivity index (χ3v) is 4.57. The molecular formula is C19H22ClFN2O. The first-order valence-electron chi connectivity index (χ1n) is 8.25. The maximum absolute atomic E-state index is 13.0. The lowest BCUT2D eigenvalue weighted by atomic mass is 10.0. The standard InChI is InChI=1S/C19H22ClFN2O/c20-17-5-3-16(4-6-17)19(23-9-11-24-12-10-23)14-22-13-15-1-7-18(21)8-2-15/h1-8,19,22H,9-14H2. The Labute approximate surface area is 147 Å². The van der Waals surface area contributed by atoms with E-state index in [1.54, 1.807) is 0 Å². The fraction of sp³-hybridized carbons (Fsp3) is 0.368. The fourth-order valence-corrected chi connectivity index (χ4v) is 3.11. The second-order valence-corrected chi connectivity index (χ2v) is 6.41. The number of nitrogens with one attached hydrogen (secondary N) is 1. The van der Waals surface area contributed by atoms with Crippen LogP contribution in [0.3, 0.4) is 0 Å². The molecule has 0 bridgehead atoms. The highest BCUT2D eigenvalue weighted by molar-refractivity contribution is 6.30. The van der Waals surface area contributed by atoms with Crippen molar-refractivity contribution in [3.8, 4) is 0 Å². The van der Waals surface area contributed by atoms with Gasteiger partial charge in [-0.2, -0.15) is 0 Å². The quantitative estimate of drug-likeness (QED) is 0.862. The summed E-state index contributed by atoms with van der Waals surface area (Å²) in [4.78, 5) is 2.43. The van der Waals surface area contributed by atoms with Gasteiger partial charge >= 0.3 is 0 Å². The van der Waals surface area contributed by atoms with Crippen molar-refractivity contribution in [2.75, 3.05) is 32.8 Å². The molecule has 0 aliphatic carbocycles. The number of rotatable bonds is 6. The Kier molecular flexibility index (Phi) is 6.21. The van der Waals surface area contributed by atoms with Crippen molar-refractivity contribution in [2.24, 2.45) is 0 Å². The molecule has 5 heteroatoms. The number of nitrogens with zero attached hydrogens (tertiary/aromatic N) is 1. The van der Waals surface area contributed by atoms with Gasteiger partial charge in [-0.25, -0.2) is 4.39 Å². The molecule has 0 radical (unpaired) electrons. The Morgan fingerprint density at radius 1 is 1.04 bits per heavy atom. The van der Waals surface area contributed by atoms with Crippen LogP contribution in [0.4, 0.5) is 4.39 Å². The Morgan fingerprint density at radius 2 is 1.71 bits per heavy atom. The van der Waals surface area contributed by atoms with E-state index in [0.717, 1.165) is 43.4 Å². The van der Waals surface area contributed by atoms with Crippen LogP contribution in [0.15, 0.2) is 48.5 Å². The highest BCUT2D eigenvalue weighted by Gasteiger charge is 2.22. The molecule has 1 atom stereocenters. The molecule has 1 fully saturated rings. The van der Waals surface area contributed by atoms with Crippen LogP contribution in [0, 0.1) is 5.82 Å². The van der Waals surface area contributed by atoms with Crippen LogP contribution in [0.1, 0.15) is 17.2 Å². The van der Waals surface area contributed by atoms with Gasteiger partial charge in [-0.15, -0.1) is 0 Å². The van der Waals surface area contributed by atoms with E-state index >= 15 is 0 Å². The van der Waals surface area contributed by atoms with E-state index in [2.05, 4.69) is 22.3 Å². The molecule has 0 spiro atoms. The summed E-state index contributed by atoms with van der Waals surface area (Å²) in [7, 11) is 0. The van der Waals surface area contributed by atoms with Crippen LogP contribution in [-0.2, 0) is 11.3 Å². The van der Waals surface area contributed by atoms with Gasteiger partial charge in [0, 0.05) is 37.2 Å². The first-order valence-corrected chi connectivity index (χ1v) is 8.62. The molecule has 3 rings (SSSR count). The molecular weight excluding hydrogens is 327 g/mol. The molecule has 3 nitrogen and oxygen atoms in total. The van der Waals surface area contributed by atoms with Crippen molar-refractivity contribution >= 4 is 11.6 Å². The molecule has 24 heavy (non-hydrogen) atoms. The molecule has 1 heterocycles. The molecule has 1 unspecified atom stereocenters. The van der Waals surface area contributed by atoms with E-state index in [9.17, 15) is 4.39 Å². The summed E-state index contributed by atoms with van der Waals surface area (Å²) in [6, 6.07) is 14.9. The summed E-state index contributed by atoms with van der Waals surface area (Å²) in [5, 5.41) is 4.24. The minimum absolute atomic E-state index is 0.203. The van der Waals surface area contributed by atoms with Gasteiger partial charge in [0.1, 0.15) is 5.82 Å². The van der Waals surface area contributed by atoms with Crippen molar-refractivity contribution in [2.45, 2.75) is 12.6 Å². The van der Waals surface area contributed by atoms with Gasteiger partial charge in [0.15, 0.2) is 0 Å². The Morgan fingerprint density at radius 3 is 2.38 bits per heavy atom. The van der Waals surface area contributed by atoms with Crippen LogP contribution in [-0.4, -0.2) is 37.7 Å². The van der Waals surface area contributed by atoms with Gasteiger partial charge < -0.3 is 10.1 Å². The summed E-state index contributed by atoms with van der Waals surface area (Å²) >= 11 is 6.02. The summed E-state index contributed by atoms with van der Waals surface area (Å²) in [5.41, 5.74) is 2.32. The minimum Gasteiger partial charge on any atom is -0.379 e. The monoisotopic (exact) mass is 348 g/mol. The van der Waals surface area contributed by atoms with Crippen molar-refractivity contribution in [3.05, 3.63) is 70.5 Å². The van der Waals surface area contributed by atoms with Crippen LogP contribution < -0.4 is 5.32 Å². The molecule has 2 aromatic carbocycles. The van der Waals surface area contributed by atoms with Crippen molar-refractivity contribution < 1.29 is 9.13 Å². The van der Waals surface area contributed by atoms with E-state index < -0.39 is 0 Å². The topological polar surface area (TPSA) is 24.5 Å². The molecule has 0 amide bonds. The fourth-order valence-electron chi connectivity index (χ4n) is 2.99. The summed E-state index contributed by atoms with van der Waals surface area (Å²) in [6.07, 6.45) is 0. The SMILES string of the molecule is Fc1ccc(CNCC(c2ccc(Cl)cc2)N2CCOCC2)cc1. The van der Waals surface area contributed by atoms with Crippen LogP contribution in [0.5, 0.6) is 0 Å². The lowest BCUT2D eigenvalue weighted by molar-refractivity contribution is 0.0161. The molecule has 1 N–H and O–H groups in total. The normalized spacial score (nSPS) is 16.9. The van der Waals surface area contributed by atoms with E-state index in [4.69, 9.17) is 16.3 Å². The van der Waals surface area contributed by atoms with Gasteiger partial charge in [-0.05, 0) is 35.4 Å². The van der Waals surface area contributed by atoms with E-state index in [-0.39, 0.29) is 11.9 Å². The van der Waals surface area contributed by atoms with Gasteiger partial charge in [0.05, 0.1) is 13.2 Å². The van der Waals surface area contributed by atoms with Gasteiger partial charge in [-0.3, -0.25) is 4.90 Å². The Balaban J connectivity index is 1.65. The number of benzene rings is 2. The molecule has 1 aliphatic heterocycles.